The molecule has 0 unspecified atom stereocenters. The summed E-state index contributed by atoms with van der Waals surface area (Å²) in [6.45, 7) is 9.43. The van der Waals surface area contributed by atoms with Crippen molar-refractivity contribution in [3.05, 3.63) is 12.2 Å². The molecule has 7 nitrogen and oxygen atoms in total. The van der Waals surface area contributed by atoms with E-state index in [1.54, 1.807) is 11.0 Å². The first-order valence-electron chi connectivity index (χ1n) is 8.33. The number of rotatable bonds is 4. The number of ether oxygens (including phenoxy) is 1. The third-order valence-electron chi connectivity index (χ3n) is 4.14. The molecule has 1 aliphatic rings. The predicted octanol–water partition coefficient (Wildman–Crippen LogP) is 2.08. The number of likely N-dealkylation sites (tertiary alicyclic amines) is 1. The van der Waals surface area contributed by atoms with Crippen LogP contribution in [0.1, 0.15) is 52.8 Å². The van der Waals surface area contributed by atoms with E-state index in [1.807, 2.05) is 34.7 Å². The second-order valence-electron chi connectivity index (χ2n) is 7.27. The maximum Gasteiger partial charge on any atom is 0.407 e. The van der Waals surface area contributed by atoms with Gasteiger partial charge in [-0.3, -0.25) is 9.58 Å². The minimum atomic E-state index is -0.477. The van der Waals surface area contributed by atoms with Gasteiger partial charge in [-0.25, -0.2) is 9.78 Å². The number of nitrogens with zero attached hydrogens (tertiary/aromatic N) is 4. The van der Waals surface area contributed by atoms with Crippen molar-refractivity contribution >= 4 is 6.09 Å². The summed E-state index contributed by atoms with van der Waals surface area (Å²) < 4.78 is 7.17. The quantitative estimate of drug-likeness (QED) is 0.918. The molecule has 0 aromatic carbocycles. The molecule has 1 aromatic rings. The number of aromatic nitrogens is 3. The molecule has 1 N–H and O–H groups in total. The van der Waals surface area contributed by atoms with Gasteiger partial charge in [0.2, 0.25) is 0 Å². The molecule has 7 heteroatoms. The Hall–Kier alpha value is -1.63. The summed E-state index contributed by atoms with van der Waals surface area (Å²) in [6, 6.07) is 0.311. The van der Waals surface area contributed by atoms with Crippen LogP contribution >= 0.6 is 0 Å². The average molecular weight is 323 g/mol. The fourth-order valence-electron chi connectivity index (χ4n) is 3.01. The van der Waals surface area contributed by atoms with E-state index in [1.165, 1.54) is 12.8 Å². The van der Waals surface area contributed by atoms with Crippen molar-refractivity contribution in [1.29, 1.82) is 0 Å². The number of hydrogen-bond donors (Lipinski definition) is 1. The Balaban J connectivity index is 1.97. The molecule has 0 saturated carbocycles. The highest BCUT2D eigenvalue weighted by atomic mass is 16.6. The smallest absolute Gasteiger partial charge is 0.407 e. The molecular weight excluding hydrogens is 294 g/mol. The summed E-state index contributed by atoms with van der Waals surface area (Å²) in [5.74, 6) is 0.946. The highest BCUT2D eigenvalue weighted by Crippen LogP contribution is 2.22. The third-order valence-corrected chi connectivity index (χ3v) is 4.14. The second-order valence-corrected chi connectivity index (χ2v) is 7.27. The monoisotopic (exact) mass is 323 g/mol. The van der Waals surface area contributed by atoms with Crippen molar-refractivity contribution < 1.29 is 9.53 Å². The van der Waals surface area contributed by atoms with Gasteiger partial charge in [0.15, 0.2) is 0 Å². The lowest BCUT2D eigenvalue weighted by molar-refractivity contribution is 0.0433. The molecule has 2 rings (SSSR count). The van der Waals surface area contributed by atoms with Crippen LogP contribution < -0.4 is 5.32 Å². The summed E-state index contributed by atoms with van der Waals surface area (Å²) in [6.07, 6.45) is 4.65. The van der Waals surface area contributed by atoms with Gasteiger partial charge in [-0.05, 0) is 47.1 Å². The summed E-state index contributed by atoms with van der Waals surface area (Å²) >= 11 is 0. The predicted molar refractivity (Wildman–Crippen MR) is 87.9 cm³/mol. The van der Waals surface area contributed by atoms with Crippen LogP contribution in [0, 0.1) is 0 Å². The number of piperidine rings is 1. The number of nitrogens with one attached hydrogen (secondary N) is 1. The summed E-state index contributed by atoms with van der Waals surface area (Å²) in [5, 5.41) is 7.11. The molecule has 1 fully saturated rings. The van der Waals surface area contributed by atoms with Crippen molar-refractivity contribution in [2.75, 3.05) is 6.54 Å². The zero-order valence-corrected chi connectivity index (χ0v) is 14.9. The molecule has 0 aliphatic carbocycles. The van der Waals surface area contributed by atoms with Crippen molar-refractivity contribution in [2.45, 2.75) is 71.2 Å². The Bertz CT molecular complexity index is 523. The molecule has 0 radical (unpaired) electrons. The summed E-state index contributed by atoms with van der Waals surface area (Å²) in [7, 11) is 1.91. The Morgan fingerprint density at radius 3 is 2.83 bits per heavy atom. The molecule has 2 atom stereocenters. The van der Waals surface area contributed by atoms with E-state index < -0.39 is 5.60 Å². The summed E-state index contributed by atoms with van der Waals surface area (Å²) in [4.78, 5) is 18.7. The zero-order chi connectivity index (χ0) is 17.0. The topological polar surface area (TPSA) is 72.3 Å². The van der Waals surface area contributed by atoms with Crippen LogP contribution in [0.4, 0.5) is 4.79 Å². The third kappa shape index (κ3) is 5.20. The van der Waals surface area contributed by atoms with E-state index in [9.17, 15) is 4.79 Å². The van der Waals surface area contributed by atoms with E-state index in [0.29, 0.717) is 0 Å². The fraction of sp³-hybridized carbons (Fsp3) is 0.812. The van der Waals surface area contributed by atoms with Crippen LogP contribution in [0.15, 0.2) is 6.33 Å². The van der Waals surface area contributed by atoms with Gasteiger partial charge in [-0.1, -0.05) is 6.42 Å². The molecule has 0 spiro atoms. The Morgan fingerprint density at radius 2 is 2.22 bits per heavy atom. The first kappa shape index (κ1) is 17.7. The van der Waals surface area contributed by atoms with Gasteiger partial charge >= 0.3 is 6.09 Å². The van der Waals surface area contributed by atoms with E-state index in [0.717, 1.165) is 25.3 Å². The molecule has 0 bridgehead atoms. The number of aryl methyl sites for hydroxylation is 1. The van der Waals surface area contributed by atoms with E-state index in [-0.39, 0.29) is 18.2 Å². The summed E-state index contributed by atoms with van der Waals surface area (Å²) in [5.41, 5.74) is -0.477. The molecule has 1 saturated heterocycles. The molecule has 1 amide bonds. The normalized spacial score (nSPS) is 21.0. The van der Waals surface area contributed by atoms with E-state index in [4.69, 9.17) is 4.74 Å². The lowest BCUT2D eigenvalue weighted by Crippen LogP contribution is -2.52. The van der Waals surface area contributed by atoms with Gasteiger partial charge in [0.05, 0.1) is 6.54 Å². The number of hydrogen-bond acceptors (Lipinski definition) is 5. The van der Waals surface area contributed by atoms with Gasteiger partial charge in [0.25, 0.3) is 0 Å². The first-order valence-corrected chi connectivity index (χ1v) is 8.33. The Labute approximate surface area is 138 Å². The van der Waals surface area contributed by atoms with Crippen LogP contribution in [0.3, 0.4) is 0 Å². The Kier molecular flexibility index (Phi) is 5.62. The molecule has 2 heterocycles. The van der Waals surface area contributed by atoms with Gasteiger partial charge in [0, 0.05) is 19.1 Å². The van der Waals surface area contributed by atoms with Crippen LogP contribution in [0.5, 0.6) is 0 Å². The molecule has 130 valence electrons. The van der Waals surface area contributed by atoms with Crippen molar-refractivity contribution in [1.82, 2.24) is 25.0 Å². The van der Waals surface area contributed by atoms with Gasteiger partial charge in [0.1, 0.15) is 17.8 Å². The maximum atomic E-state index is 12.0. The minimum absolute atomic E-state index is 0.0263. The van der Waals surface area contributed by atoms with Crippen molar-refractivity contribution in [3.63, 3.8) is 0 Å². The lowest BCUT2D eigenvalue weighted by atomic mass is 9.96. The fourth-order valence-corrected chi connectivity index (χ4v) is 3.01. The highest BCUT2D eigenvalue weighted by Gasteiger charge is 2.30. The molecule has 23 heavy (non-hydrogen) atoms. The van der Waals surface area contributed by atoms with Crippen molar-refractivity contribution in [2.24, 2.45) is 7.05 Å². The van der Waals surface area contributed by atoms with Gasteiger partial charge in [-0.15, -0.1) is 0 Å². The minimum Gasteiger partial charge on any atom is -0.444 e. The molecular formula is C16H29N5O2. The number of alkyl carbamates (subject to hydrolysis) is 1. The number of carbonyl (C=O) groups is 1. The standard InChI is InChI=1S/C16H29N5O2/c1-12(19-15(22)23-16(2,3)4)13-8-6-7-9-21(13)10-14-17-11-18-20(14)5/h11-13H,6-10H2,1-5H3,(H,19,22)/t12-,13-/m0/s1. The van der Waals surface area contributed by atoms with Crippen LogP contribution in [0.25, 0.3) is 0 Å². The highest BCUT2D eigenvalue weighted by molar-refractivity contribution is 5.68. The van der Waals surface area contributed by atoms with Crippen LogP contribution in [0.2, 0.25) is 0 Å². The SMILES string of the molecule is C[C@H](NC(=O)OC(C)(C)C)[C@@H]1CCCCN1Cc1ncnn1C. The maximum absolute atomic E-state index is 12.0. The van der Waals surface area contributed by atoms with Gasteiger partial charge < -0.3 is 10.1 Å². The van der Waals surface area contributed by atoms with Crippen LogP contribution in [-0.4, -0.2) is 50.0 Å². The average Bonchev–Trinajstić information content (AvgIpc) is 2.82. The van der Waals surface area contributed by atoms with Crippen LogP contribution in [-0.2, 0) is 18.3 Å². The zero-order valence-electron chi connectivity index (χ0n) is 14.9. The second kappa shape index (κ2) is 7.29. The Morgan fingerprint density at radius 1 is 1.48 bits per heavy atom. The molecule has 1 aromatic heterocycles. The van der Waals surface area contributed by atoms with E-state index in [2.05, 4.69) is 20.3 Å². The largest absolute Gasteiger partial charge is 0.444 e. The van der Waals surface area contributed by atoms with E-state index >= 15 is 0 Å². The number of amides is 1. The first-order chi connectivity index (χ1) is 10.8. The number of carbonyl (C=O) groups excluding carboxylic acids is 1. The van der Waals surface area contributed by atoms with Gasteiger partial charge in [-0.2, -0.15) is 5.10 Å². The molecule has 1 aliphatic heterocycles. The van der Waals surface area contributed by atoms with Crippen molar-refractivity contribution in [3.8, 4) is 0 Å². The lowest BCUT2D eigenvalue weighted by Gasteiger charge is -2.39.